The lowest BCUT2D eigenvalue weighted by Crippen LogP contribution is -2.29. The molecule has 1 aliphatic rings. The van der Waals surface area contributed by atoms with E-state index in [1.54, 1.807) is 12.1 Å². The molecular formula is C16H10N2O2. The van der Waals surface area contributed by atoms with Gasteiger partial charge < -0.3 is 4.90 Å². The van der Waals surface area contributed by atoms with Crippen molar-refractivity contribution in [1.29, 1.82) is 5.26 Å². The average Bonchev–Trinajstić information content (AvgIpc) is 2.73. The van der Waals surface area contributed by atoms with Crippen molar-refractivity contribution < 1.29 is 9.59 Å². The second-order valence-electron chi connectivity index (χ2n) is 4.55. The van der Waals surface area contributed by atoms with Gasteiger partial charge in [0.2, 0.25) is 0 Å². The van der Waals surface area contributed by atoms with Crippen LogP contribution >= 0.6 is 0 Å². The van der Waals surface area contributed by atoms with E-state index in [0.717, 1.165) is 5.56 Å². The lowest BCUT2D eigenvalue weighted by Gasteiger charge is -2.16. The zero-order chi connectivity index (χ0) is 14.1. The topological polar surface area (TPSA) is 61.2 Å². The molecule has 1 amide bonds. The number of nitrogens with zero attached hydrogens (tertiary/aromatic N) is 2. The first-order valence-corrected chi connectivity index (χ1v) is 6.15. The first kappa shape index (κ1) is 12.1. The summed E-state index contributed by atoms with van der Waals surface area (Å²) in [5.41, 5.74) is 2.21. The van der Waals surface area contributed by atoms with E-state index >= 15 is 0 Å². The zero-order valence-corrected chi connectivity index (χ0v) is 10.5. The fourth-order valence-electron chi connectivity index (χ4n) is 2.29. The van der Waals surface area contributed by atoms with Gasteiger partial charge in [-0.2, -0.15) is 5.26 Å². The van der Waals surface area contributed by atoms with Crippen molar-refractivity contribution in [3.05, 3.63) is 65.2 Å². The van der Waals surface area contributed by atoms with Gasteiger partial charge in [0.15, 0.2) is 0 Å². The minimum Gasteiger partial charge on any atom is -0.300 e. The Morgan fingerprint density at radius 3 is 2.50 bits per heavy atom. The van der Waals surface area contributed by atoms with E-state index in [9.17, 15) is 9.59 Å². The molecule has 0 aromatic heterocycles. The standard InChI is InChI=1S/C16H10N2O2/c17-9-12-6-7-14-13(8-12)15(19)16(20)18(14)10-11-4-2-1-3-5-11/h1-8H,10H2. The highest BCUT2D eigenvalue weighted by atomic mass is 16.2. The van der Waals surface area contributed by atoms with Gasteiger partial charge in [0.1, 0.15) is 0 Å². The molecule has 0 aliphatic carbocycles. The molecule has 0 saturated heterocycles. The predicted octanol–water partition coefficient (Wildman–Crippen LogP) is 2.29. The van der Waals surface area contributed by atoms with E-state index in [0.29, 0.717) is 23.4 Å². The molecule has 0 N–H and O–H groups in total. The van der Waals surface area contributed by atoms with Crippen LogP contribution < -0.4 is 4.90 Å². The third-order valence-corrected chi connectivity index (χ3v) is 3.28. The highest BCUT2D eigenvalue weighted by Crippen LogP contribution is 2.30. The van der Waals surface area contributed by atoms with Crippen molar-refractivity contribution >= 4 is 17.4 Å². The Labute approximate surface area is 115 Å². The van der Waals surface area contributed by atoms with Gasteiger partial charge in [-0.3, -0.25) is 9.59 Å². The van der Waals surface area contributed by atoms with Crippen LogP contribution in [0.15, 0.2) is 48.5 Å². The van der Waals surface area contributed by atoms with Gasteiger partial charge in [-0.25, -0.2) is 0 Å². The van der Waals surface area contributed by atoms with E-state index in [1.807, 2.05) is 36.4 Å². The van der Waals surface area contributed by atoms with Crippen LogP contribution in [0.1, 0.15) is 21.5 Å². The van der Waals surface area contributed by atoms with Gasteiger partial charge >= 0.3 is 0 Å². The third-order valence-electron chi connectivity index (χ3n) is 3.28. The molecule has 4 heteroatoms. The molecule has 2 aromatic carbocycles. The van der Waals surface area contributed by atoms with Gasteiger partial charge in [0.25, 0.3) is 11.7 Å². The molecule has 4 nitrogen and oxygen atoms in total. The number of anilines is 1. The summed E-state index contributed by atoms with van der Waals surface area (Å²) >= 11 is 0. The number of benzene rings is 2. The molecule has 20 heavy (non-hydrogen) atoms. The third kappa shape index (κ3) is 1.86. The lowest BCUT2D eigenvalue weighted by molar-refractivity contribution is -0.114. The van der Waals surface area contributed by atoms with Crippen molar-refractivity contribution in [3.8, 4) is 6.07 Å². The predicted molar refractivity (Wildman–Crippen MR) is 73.1 cm³/mol. The van der Waals surface area contributed by atoms with Crippen LogP contribution in [-0.2, 0) is 11.3 Å². The summed E-state index contributed by atoms with van der Waals surface area (Å²) in [7, 11) is 0. The maximum Gasteiger partial charge on any atom is 0.299 e. The number of fused-ring (bicyclic) bond motifs is 1. The number of rotatable bonds is 2. The molecule has 0 spiro atoms. The van der Waals surface area contributed by atoms with Crippen LogP contribution in [0, 0.1) is 11.3 Å². The maximum atomic E-state index is 12.1. The van der Waals surface area contributed by atoms with E-state index in [-0.39, 0.29) is 0 Å². The average molecular weight is 262 g/mol. The van der Waals surface area contributed by atoms with Gasteiger partial charge in [-0.05, 0) is 23.8 Å². The Morgan fingerprint density at radius 2 is 1.80 bits per heavy atom. The molecule has 1 aliphatic heterocycles. The van der Waals surface area contributed by atoms with Crippen LogP contribution in [0.3, 0.4) is 0 Å². The van der Waals surface area contributed by atoms with E-state index < -0.39 is 11.7 Å². The maximum absolute atomic E-state index is 12.1. The molecule has 0 bridgehead atoms. The minimum atomic E-state index is -0.548. The van der Waals surface area contributed by atoms with Crippen molar-refractivity contribution in [3.63, 3.8) is 0 Å². The number of carbonyl (C=O) groups excluding carboxylic acids is 2. The summed E-state index contributed by atoms with van der Waals surface area (Å²) in [5.74, 6) is -1.09. The van der Waals surface area contributed by atoms with Gasteiger partial charge in [0.05, 0.1) is 29.4 Å². The summed E-state index contributed by atoms with van der Waals surface area (Å²) in [6.45, 7) is 0.352. The number of carbonyl (C=O) groups is 2. The monoisotopic (exact) mass is 262 g/mol. The second kappa shape index (κ2) is 4.63. The van der Waals surface area contributed by atoms with Gasteiger partial charge in [0, 0.05) is 0 Å². The lowest BCUT2D eigenvalue weighted by atomic mass is 10.1. The Morgan fingerprint density at radius 1 is 1.05 bits per heavy atom. The molecule has 0 radical (unpaired) electrons. The van der Waals surface area contributed by atoms with E-state index in [4.69, 9.17) is 5.26 Å². The zero-order valence-electron chi connectivity index (χ0n) is 10.5. The number of ketones is 1. The normalized spacial score (nSPS) is 13.2. The highest BCUT2D eigenvalue weighted by molar-refractivity contribution is 6.52. The van der Waals surface area contributed by atoms with Crippen molar-refractivity contribution in [2.45, 2.75) is 6.54 Å². The molecular weight excluding hydrogens is 252 g/mol. The van der Waals surface area contributed by atoms with Crippen LogP contribution in [0.25, 0.3) is 0 Å². The smallest absolute Gasteiger partial charge is 0.299 e. The Bertz CT molecular complexity index is 745. The summed E-state index contributed by atoms with van der Waals surface area (Å²) in [5, 5.41) is 8.86. The summed E-state index contributed by atoms with van der Waals surface area (Å²) in [6.07, 6.45) is 0. The Balaban J connectivity index is 2.01. The highest BCUT2D eigenvalue weighted by Gasteiger charge is 2.35. The minimum absolute atomic E-state index is 0.310. The van der Waals surface area contributed by atoms with E-state index in [2.05, 4.69) is 0 Å². The van der Waals surface area contributed by atoms with Crippen molar-refractivity contribution in [1.82, 2.24) is 0 Å². The van der Waals surface area contributed by atoms with E-state index in [1.165, 1.54) is 11.0 Å². The Hall–Kier alpha value is -2.93. The second-order valence-corrected chi connectivity index (χ2v) is 4.55. The van der Waals surface area contributed by atoms with Crippen LogP contribution in [0.2, 0.25) is 0 Å². The molecule has 0 saturated carbocycles. The molecule has 3 rings (SSSR count). The SMILES string of the molecule is N#Cc1ccc2c(c1)C(=O)C(=O)N2Cc1ccccc1. The summed E-state index contributed by atoms with van der Waals surface area (Å²) < 4.78 is 0. The molecule has 96 valence electrons. The molecule has 2 aromatic rings. The number of hydrogen-bond donors (Lipinski definition) is 0. The first-order valence-electron chi connectivity index (χ1n) is 6.15. The summed E-state index contributed by atoms with van der Waals surface area (Å²) in [6, 6.07) is 16.2. The van der Waals surface area contributed by atoms with Gasteiger partial charge in [-0.15, -0.1) is 0 Å². The van der Waals surface area contributed by atoms with Crippen LogP contribution in [-0.4, -0.2) is 11.7 Å². The molecule has 0 fully saturated rings. The number of amides is 1. The summed E-state index contributed by atoms with van der Waals surface area (Å²) in [4.78, 5) is 25.5. The van der Waals surface area contributed by atoms with Crippen LogP contribution in [0.4, 0.5) is 5.69 Å². The van der Waals surface area contributed by atoms with Crippen molar-refractivity contribution in [2.24, 2.45) is 0 Å². The fraction of sp³-hybridized carbons (Fsp3) is 0.0625. The number of hydrogen-bond acceptors (Lipinski definition) is 3. The largest absolute Gasteiger partial charge is 0.300 e. The Kier molecular flexibility index (Phi) is 2.81. The molecule has 1 heterocycles. The van der Waals surface area contributed by atoms with Gasteiger partial charge in [-0.1, -0.05) is 30.3 Å². The molecule has 0 unspecified atom stereocenters. The van der Waals surface area contributed by atoms with Crippen LogP contribution in [0.5, 0.6) is 0 Å². The number of Topliss-reactive ketones (excluding diaryl/α,β-unsaturated/α-hetero) is 1. The quantitative estimate of drug-likeness (QED) is 0.780. The first-order chi connectivity index (χ1) is 9.70. The fourth-order valence-corrected chi connectivity index (χ4v) is 2.29. The number of nitriles is 1. The molecule has 0 atom stereocenters. The van der Waals surface area contributed by atoms with Crippen molar-refractivity contribution in [2.75, 3.05) is 4.90 Å².